The van der Waals surface area contributed by atoms with Crippen LogP contribution in [0.1, 0.15) is 24.0 Å². The van der Waals surface area contributed by atoms with Crippen molar-refractivity contribution in [2.24, 2.45) is 0 Å². The zero-order valence-corrected chi connectivity index (χ0v) is 13.6. The Morgan fingerprint density at radius 1 is 0.727 bits per heavy atom. The quantitative estimate of drug-likeness (QED) is 0.669. The number of methoxy groups -OCH3 is 1. The van der Waals surface area contributed by atoms with Crippen LogP contribution in [-0.4, -0.2) is 20.3 Å². The normalized spacial score (nSPS) is 10.3. The second kappa shape index (κ2) is 8.32. The van der Waals surface area contributed by atoms with Gasteiger partial charge in [0.05, 0.1) is 20.3 Å². The molecule has 0 amide bonds. The minimum Gasteiger partial charge on any atom is -0.497 e. The van der Waals surface area contributed by atoms with E-state index in [4.69, 9.17) is 14.2 Å². The van der Waals surface area contributed by atoms with Crippen molar-refractivity contribution in [3.05, 3.63) is 53.6 Å². The first-order chi connectivity index (χ1) is 10.7. The summed E-state index contributed by atoms with van der Waals surface area (Å²) in [6.45, 7) is 5.60. The molecule has 3 heteroatoms. The van der Waals surface area contributed by atoms with Crippen LogP contribution >= 0.6 is 0 Å². The van der Waals surface area contributed by atoms with Crippen molar-refractivity contribution in [3.63, 3.8) is 0 Å². The first-order valence-corrected chi connectivity index (χ1v) is 7.66. The largest absolute Gasteiger partial charge is 0.497 e. The van der Waals surface area contributed by atoms with Gasteiger partial charge in [0, 0.05) is 6.07 Å². The van der Waals surface area contributed by atoms with E-state index in [2.05, 4.69) is 26.0 Å². The number of benzene rings is 2. The predicted octanol–water partition coefficient (Wildman–Crippen LogP) is 4.55. The maximum atomic E-state index is 5.76. The predicted molar refractivity (Wildman–Crippen MR) is 89.1 cm³/mol. The maximum Gasteiger partial charge on any atom is 0.122 e. The van der Waals surface area contributed by atoms with Crippen molar-refractivity contribution in [2.45, 2.75) is 26.7 Å². The molecule has 0 N–H and O–H groups in total. The summed E-state index contributed by atoms with van der Waals surface area (Å²) in [5.74, 6) is 2.60. The van der Waals surface area contributed by atoms with Crippen molar-refractivity contribution >= 4 is 0 Å². The van der Waals surface area contributed by atoms with Crippen LogP contribution in [0.3, 0.4) is 0 Å². The highest BCUT2D eigenvalue weighted by Crippen LogP contribution is 2.19. The molecule has 0 atom stereocenters. The highest BCUT2D eigenvalue weighted by molar-refractivity contribution is 5.34. The minimum absolute atomic E-state index is 0.684. The Morgan fingerprint density at radius 3 is 2.00 bits per heavy atom. The molecule has 0 fully saturated rings. The van der Waals surface area contributed by atoms with Crippen LogP contribution in [0.2, 0.25) is 0 Å². The molecule has 3 nitrogen and oxygen atoms in total. The van der Waals surface area contributed by atoms with Gasteiger partial charge in [0.15, 0.2) is 0 Å². The molecule has 2 aromatic rings. The lowest BCUT2D eigenvalue weighted by Gasteiger charge is -2.09. The lowest BCUT2D eigenvalue weighted by Crippen LogP contribution is -2.03. The molecule has 2 rings (SSSR count). The molecular formula is C19H24O3. The summed E-state index contributed by atoms with van der Waals surface area (Å²) in [5.41, 5.74) is 2.55. The van der Waals surface area contributed by atoms with Crippen LogP contribution in [0, 0.1) is 13.8 Å². The molecular weight excluding hydrogens is 276 g/mol. The van der Waals surface area contributed by atoms with E-state index < -0.39 is 0 Å². The van der Waals surface area contributed by atoms with Gasteiger partial charge in [-0.3, -0.25) is 0 Å². The number of aryl methyl sites for hydroxylation is 2. The molecule has 0 unspecified atom stereocenters. The second-order valence-corrected chi connectivity index (χ2v) is 5.33. The fraction of sp³-hybridized carbons (Fsp3) is 0.368. The van der Waals surface area contributed by atoms with Crippen LogP contribution in [0.5, 0.6) is 17.2 Å². The second-order valence-electron chi connectivity index (χ2n) is 5.33. The Balaban J connectivity index is 1.63. The van der Waals surface area contributed by atoms with Gasteiger partial charge in [0.1, 0.15) is 17.2 Å². The zero-order valence-electron chi connectivity index (χ0n) is 13.6. The van der Waals surface area contributed by atoms with E-state index in [9.17, 15) is 0 Å². The zero-order chi connectivity index (χ0) is 15.8. The van der Waals surface area contributed by atoms with Crippen molar-refractivity contribution in [3.8, 4) is 17.2 Å². The van der Waals surface area contributed by atoms with Gasteiger partial charge < -0.3 is 14.2 Å². The van der Waals surface area contributed by atoms with Gasteiger partial charge in [-0.2, -0.15) is 0 Å². The minimum atomic E-state index is 0.684. The molecule has 0 saturated heterocycles. The van der Waals surface area contributed by atoms with Crippen molar-refractivity contribution < 1.29 is 14.2 Å². The first-order valence-electron chi connectivity index (χ1n) is 7.66. The average Bonchev–Trinajstić information content (AvgIpc) is 2.54. The van der Waals surface area contributed by atoms with Gasteiger partial charge in [0.25, 0.3) is 0 Å². The van der Waals surface area contributed by atoms with E-state index in [1.165, 1.54) is 11.1 Å². The lowest BCUT2D eigenvalue weighted by molar-refractivity contribution is 0.265. The van der Waals surface area contributed by atoms with Crippen LogP contribution in [-0.2, 0) is 0 Å². The molecule has 118 valence electrons. The molecule has 0 aliphatic heterocycles. The van der Waals surface area contributed by atoms with Gasteiger partial charge in [-0.1, -0.05) is 12.1 Å². The summed E-state index contributed by atoms with van der Waals surface area (Å²) in [4.78, 5) is 0. The summed E-state index contributed by atoms with van der Waals surface area (Å²) in [6, 6.07) is 13.9. The fourth-order valence-electron chi connectivity index (χ4n) is 2.08. The maximum absolute atomic E-state index is 5.76. The number of ether oxygens (including phenoxy) is 3. The van der Waals surface area contributed by atoms with E-state index in [1.54, 1.807) is 7.11 Å². The van der Waals surface area contributed by atoms with Crippen molar-refractivity contribution in [1.82, 2.24) is 0 Å². The van der Waals surface area contributed by atoms with E-state index in [0.717, 1.165) is 30.1 Å². The van der Waals surface area contributed by atoms with Gasteiger partial charge in [-0.25, -0.2) is 0 Å². The lowest BCUT2D eigenvalue weighted by atomic mass is 10.1. The van der Waals surface area contributed by atoms with Crippen molar-refractivity contribution in [2.75, 3.05) is 20.3 Å². The number of unbranched alkanes of at least 4 members (excludes halogenated alkanes) is 1. The third kappa shape index (κ3) is 4.99. The van der Waals surface area contributed by atoms with Crippen LogP contribution in [0.4, 0.5) is 0 Å². The molecule has 0 radical (unpaired) electrons. The highest BCUT2D eigenvalue weighted by Gasteiger charge is 1.99. The molecule has 2 aromatic carbocycles. The Hall–Kier alpha value is -2.16. The van der Waals surface area contributed by atoms with Gasteiger partial charge in [-0.05, 0) is 62.1 Å². The number of hydrogen-bond acceptors (Lipinski definition) is 3. The summed E-state index contributed by atoms with van der Waals surface area (Å²) >= 11 is 0. The topological polar surface area (TPSA) is 27.7 Å². The average molecular weight is 300 g/mol. The molecule has 0 saturated carbocycles. The smallest absolute Gasteiger partial charge is 0.122 e. The summed E-state index contributed by atoms with van der Waals surface area (Å²) in [6.07, 6.45) is 1.93. The highest BCUT2D eigenvalue weighted by atomic mass is 16.5. The van der Waals surface area contributed by atoms with Crippen LogP contribution in [0.15, 0.2) is 42.5 Å². The summed E-state index contributed by atoms with van der Waals surface area (Å²) < 4.78 is 16.6. The SMILES string of the molecule is COc1cccc(OCCCCOc2ccc(C)c(C)c2)c1. The number of hydrogen-bond donors (Lipinski definition) is 0. The van der Waals surface area contributed by atoms with Gasteiger partial charge in [-0.15, -0.1) is 0 Å². The molecule has 0 aliphatic carbocycles. The van der Waals surface area contributed by atoms with Gasteiger partial charge >= 0.3 is 0 Å². The standard InChI is InChI=1S/C19H24O3/c1-15-9-10-19(13-16(15)2)22-12-5-4-11-21-18-8-6-7-17(14-18)20-3/h6-10,13-14H,4-5,11-12H2,1-3H3. The molecule has 22 heavy (non-hydrogen) atoms. The third-order valence-corrected chi connectivity index (χ3v) is 3.60. The molecule has 0 spiro atoms. The van der Waals surface area contributed by atoms with E-state index in [-0.39, 0.29) is 0 Å². The summed E-state index contributed by atoms with van der Waals surface area (Å²) in [7, 11) is 1.66. The fourth-order valence-corrected chi connectivity index (χ4v) is 2.08. The molecule has 0 aromatic heterocycles. The third-order valence-electron chi connectivity index (χ3n) is 3.60. The van der Waals surface area contributed by atoms with Gasteiger partial charge in [0.2, 0.25) is 0 Å². The van der Waals surface area contributed by atoms with Crippen LogP contribution in [0.25, 0.3) is 0 Å². The molecule has 0 bridgehead atoms. The Labute approximate surface area is 132 Å². The summed E-state index contributed by atoms with van der Waals surface area (Å²) in [5, 5.41) is 0. The first kappa shape index (κ1) is 16.2. The Kier molecular flexibility index (Phi) is 6.13. The Bertz CT molecular complexity index is 593. The van der Waals surface area contributed by atoms with E-state index in [0.29, 0.717) is 13.2 Å². The Morgan fingerprint density at radius 2 is 1.36 bits per heavy atom. The van der Waals surface area contributed by atoms with E-state index in [1.807, 2.05) is 30.3 Å². The number of rotatable bonds is 8. The van der Waals surface area contributed by atoms with E-state index >= 15 is 0 Å². The van der Waals surface area contributed by atoms with Crippen LogP contribution < -0.4 is 14.2 Å². The molecule has 0 heterocycles. The van der Waals surface area contributed by atoms with Crippen molar-refractivity contribution in [1.29, 1.82) is 0 Å². The monoisotopic (exact) mass is 300 g/mol. The molecule has 0 aliphatic rings.